The predicted octanol–water partition coefficient (Wildman–Crippen LogP) is 2.46. The Kier molecular flexibility index (Phi) is 5.39. The van der Waals surface area contributed by atoms with Crippen LogP contribution in [0, 0.1) is 0 Å². The van der Waals surface area contributed by atoms with Crippen LogP contribution in [-0.4, -0.2) is 23.1 Å². The molecule has 1 atom stereocenters. The third-order valence-electron chi connectivity index (χ3n) is 2.09. The third kappa shape index (κ3) is 5.50. The minimum absolute atomic E-state index is 0.352. The summed E-state index contributed by atoms with van der Waals surface area (Å²) in [6.07, 6.45) is 1.80. The number of carbonyl (C=O) groups is 2. The van der Waals surface area contributed by atoms with Gasteiger partial charge >= 0.3 is 11.9 Å². The van der Waals surface area contributed by atoms with E-state index in [1.807, 2.05) is 12.1 Å². The Morgan fingerprint density at radius 3 is 2.78 bits per heavy atom. The summed E-state index contributed by atoms with van der Waals surface area (Å²) in [6.45, 7) is 1.73. The minimum atomic E-state index is -1.19. The lowest BCUT2D eigenvalue weighted by molar-refractivity contribution is -0.142. The fourth-order valence-corrected chi connectivity index (χ4v) is 1.63. The second kappa shape index (κ2) is 6.81. The zero-order valence-corrected chi connectivity index (χ0v) is 10.6. The number of hydrogen-bond acceptors (Lipinski definition) is 3. The van der Waals surface area contributed by atoms with E-state index >= 15 is 0 Å². The van der Waals surface area contributed by atoms with Gasteiger partial charge in [-0.1, -0.05) is 23.7 Å². The predicted molar refractivity (Wildman–Crippen MR) is 67.5 cm³/mol. The van der Waals surface area contributed by atoms with E-state index in [1.165, 1.54) is 0 Å². The molecule has 0 aliphatic heterocycles. The van der Waals surface area contributed by atoms with Crippen molar-refractivity contribution in [3.63, 3.8) is 0 Å². The zero-order chi connectivity index (χ0) is 13.5. The Labute approximate surface area is 110 Å². The van der Waals surface area contributed by atoms with E-state index < -0.39 is 11.9 Å². The topological polar surface area (TPSA) is 63.6 Å². The first-order valence-electron chi connectivity index (χ1n) is 5.33. The number of rotatable bonds is 5. The molecule has 0 bridgehead atoms. The molecule has 96 valence electrons. The first-order valence-corrected chi connectivity index (χ1v) is 5.71. The lowest BCUT2D eigenvalue weighted by Crippen LogP contribution is -2.16. The van der Waals surface area contributed by atoms with Crippen molar-refractivity contribution in [3.8, 4) is 0 Å². The molecule has 0 spiro atoms. The first kappa shape index (κ1) is 14.3. The Morgan fingerprint density at radius 2 is 2.17 bits per heavy atom. The fourth-order valence-electron chi connectivity index (χ4n) is 1.41. The van der Waals surface area contributed by atoms with Crippen LogP contribution in [0.15, 0.2) is 36.4 Å². The van der Waals surface area contributed by atoms with Gasteiger partial charge in [0.2, 0.25) is 0 Å². The van der Waals surface area contributed by atoms with E-state index in [-0.39, 0.29) is 6.10 Å². The quantitative estimate of drug-likeness (QED) is 0.658. The summed E-state index contributed by atoms with van der Waals surface area (Å²) in [5.74, 6) is -1.86. The summed E-state index contributed by atoms with van der Waals surface area (Å²) in [6, 6.07) is 7.25. The second-order valence-electron chi connectivity index (χ2n) is 3.75. The summed E-state index contributed by atoms with van der Waals surface area (Å²) >= 11 is 5.83. The largest absolute Gasteiger partial charge is 0.478 e. The molecule has 0 radical (unpaired) electrons. The highest BCUT2D eigenvalue weighted by molar-refractivity contribution is 6.30. The lowest BCUT2D eigenvalue weighted by atomic mass is 10.1. The van der Waals surface area contributed by atoms with Gasteiger partial charge in [-0.2, -0.15) is 0 Å². The Bertz CT molecular complexity index is 468. The van der Waals surface area contributed by atoms with E-state index in [0.29, 0.717) is 11.4 Å². The average molecular weight is 269 g/mol. The maximum absolute atomic E-state index is 11.2. The molecule has 0 saturated heterocycles. The van der Waals surface area contributed by atoms with Gasteiger partial charge in [0.15, 0.2) is 0 Å². The summed E-state index contributed by atoms with van der Waals surface area (Å²) in [4.78, 5) is 21.4. The number of carbonyl (C=O) groups excluding carboxylic acids is 1. The van der Waals surface area contributed by atoms with Crippen molar-refractivity contribution in [3.05, 3.63) is 47.0 Å². The van der Waals surface area contributed by atoms with Crippen molar-refractivity contribution in [2.24, 2.45) is 0 Å². The van der Waals surface area contributed by atoms with Crippen molar-refractivity contribution >= 4 is 23.5 Å². The van der Waals surface area contributed by atoms with Crippen molar-refractivity contribution in [1.29, 1.82) is 0 Å². The van der Waals surface area contributed by atoms with Crippen LogP contribution in [0.5, 0.6) is 0 Å². The zero-order valence-electron chi connectivity index (χ0n) is 9.80. The van der Waals surface area contributed by atoms with E-state index in [2.05, 4.69) is 0 Å². The van der Waals surface area contributed by atoms with Crippen LogP contribution in [-0.2, 0) is 20.7 Å². The van der Waals surface area contributed by atoms with Gasteiger partial charge < -0.3 is 9.84 Å². The summed E-state index contributed by atoms with van der Waals surface area (Å²) in [5, 5.41) is 8.98. The molecule has 0 aliphatic rings. The number of hydrogen-bond donors (Lipinski definition) is 1. The van der Waals surface area contributed by atoms with Gasteiger partial charge in [0.05, 0.1) is 0 Å². The van der Waals surface area contributed by atoms with Crippen LogP contribution in [0.1, 0.15) is 12.5 Å². The second-order valence-corrected chi connectivity index (χ2v) is 4.19. The SMILES string of the molecule is C[C@@H](Cc1cccc(Cl)c1)OC(=O)/C=C\C(=O)O. The standard InChI is InChI=1S/C13H13ClO4/c1-9(18-13(17)6-5-12(15)16)7-10-3-2-4-11(14)8-10/h2-6,8-9H,7H2,1H3,(H,15,16)/b6-5-/t9-/m0/s1. The third-order valence-corrected chi connectivity index (χ3v) is 2.33. The monoisotopic (exact) mass is 268 g/mol. The van der Waals surface area contributed by atoms with E-state index in [1.54, 1.807) is 19.1 Å². The highest BCUT2D eigenvalue weighted by Gasteiger charge is 2.08. The molecule has 1 rings (SSSR count). The van der Waals surface area contributed by atoms with Gasteiger partial charge in [-0.3, -0.25) is 0 Å². The average Bonchev–Trinajstić information content (AvgIpc) is 2.26. The van der Waals surface area contributed by atoms with E-state index in [9.17, 15) is 9.59 Å². The van der Waals surface area contributed by atoms with Gasteiger partial charge in [-0.25, -0.2) is 9.59 Å². The molecule has 0 heterocycles. The molecule has 5 heteroatoms. The molecule has 0 amide bonds. The molecule has 1 N–H and O–H groups in total. The number of carboxylic acid groups (broad SMARTS) is 1. The van der Waals surface area contributed by atoms with E-state index in [0.717, 1.165) is 17.7 Å². The fraction of sp³-hybridized carbons (Fsp3) is 0.231. The summed E-state index contributed by atoms with van der Waals surface area (Å²) < 4.78 is 5.01. The smallest absolute Gasteiger partial charge is 0.331 e. The molecule has 0 unspecified atom stereocenters. The van der Waals surface area contributed by atoms with Crippen molar-refractivity contribution in [1.82, 2.24) is 0 Å². The van der Waals surface area contributed by atoms with Gasteiger partial charge in [0.1, 0.15) is 6.10 Å². The number of halogens is 1. The number of ether oxygens (including phenoxy) is 1. The van der Waals surface area contributed by atoms with E-state index in [4.69, 9.17) is 21.4 Å². The van der Waals surface area contributed by atoms with Gasteiger partial charge in [-0.05, 0) is 24.6 Å². The normalized spacial score (nSPS) is 12.3. The Balaban J connectivity index is 2.49. The maximum atomic E-state index is 11.2. The van der Waals surface area contributed by atoms with Crippen LogP contribution in [0.2, 0.25) is 5.02 Å². The molecule has 0 fully saturated rings. The highest BCUT2D eigenvalue weighted by atomic mass is 35.5. The number of carboxylic acids is 1. The maximum Gasteiger partial charge on any atom is 0.331 e. The molecule has 4 nitrogen and oxygen atoms in total. The van der Waals surface area contributed by atoms with Gasteiger partial charge in [0, 0.05) is 23.6 Å². The Hall–Kier alpha value is -1.81. The molecule has 0 saturated carbocycles. The summed E-state index contributed by atoms with van der Waals surface area (Å²) in [5.41, 5.74) is 0.949. The van der Waals surface area contributed by atoms with Crippen LogP contribution >= 0.6 is 11.6 Å². The number of esters is 1. The van der Waals surface area contributed by atoms with Gasteiger partial charge in [-0.15, -0.1) is 0 Å². The van der Waals surface area contributed by atoms with Crippen molar-refractivity contribution in [2.75, 3.05) is 0 Å². The molecule has 18 heavy (non-hydrogen) atoms. The first-order chi connectivity index (χ1) is 8.47. The molecular formula is C13H13ClO4. The van der Waals surface area contributed by atoms with Gasteiger partial charge in [0.25, 0.3) is 0 Å². The van der Waals surface area contributed by atoms with Crippen molar-refractivity contribution < 1.29 is 19.4 Å². The molecule has 1 aromatic rings. The molecular weight excluding hydrogens is 256 g/mol. The lowest BCUT2D eigenvalue weighted by Gasteiger charge is -2.11. The number of aliphatic carboxylic acids is 1. The molecule has 1 aromatic carbocycles. The van der Waals surface area contributed by atoms with Crippen LogP contribution in [0.25, 0.3) is 0 Å². The van der Waals surface area contributed by atoms with Crippen LogP contribution in [0.3, 0.4) is 0 Å². The number of benzene rings is 1. The highest BCUT2D eigenvalue weighted by Crippen LogP contribution is 2.13. The molecule has 0 aliphatic carbocycles. The Morgan fingerprint density at radius 1 is 1.44 bits per heavy atom. The minimum Gasteiger partial charge on any atom is -0.478 e. The molecule has 0 aromatic heterocycles. The van der Waals surface area contributed by atoms with Crippen LogP contribution in [0.4, 0.5) is 0 Å². The van der Waals surface area contributed by atoms with Crippen molar-refractivity contribution in [2.45, 2.75) is 19.4 Å². The van der Waals surface area contributed by atoms with Crippen LogP contribution < -0.4 is 0 Å². The summed E-state index contributed by atoms with van der Waals surface area (Å²) in [7, 11) is 0.